The van der Waals surface area contributed by atoms with Crippen molar-refractivity contribution < 1.29 is 28.7 Å². The van der Waals surface area contributed by atoms with Crippen LogP contribution in [0.1, 0.15) is 39.5 Å². The van der Waals surface area contributed by atoms with E-state index < -0.39 is 11.9 Å². The summed E-state index contributed by atoms with van der Waals surface area (Å²) in [6, 6.07) is 18.7. The highest BCUT2D eigenvalue weighted by Gasteiger charge is 2.13. The summed E-state index contributed by atoms with van der Waals surface area (Å²) >= 11 is 0. The van der Waals surface area contributed by atoms with Gasteiger partial charge in [0.25, 0.3) is 0 Å². The van der Waals surface area contributed by atoms with Crippen LogP contribution in [0.3, 0.4) is 0 Å². The van der Waals surface area contributed by atoms with Crippen molar-refractivity contribution in [1.29, 1.82) is 0 Å². The van der Waals surface area contributed by atoms with E-state index >= 15 is 0 Å². The molecule has 6 heteroatoms. The van der Waals surface area contributed by atoms with Crippen molar-refractivity contribution in [2.45, 2.75) is 26.2 Å². The second kappa shape index (κ2) is 13.5. The molecule has 0 aliphatic carbocycles. The molecule has 0 unspecified atom stereocenters. The zero-order valence-electron chi connectivity index (χ0n) is 21.1. The monoisotopic (exact) mass is 508 g/mol. The minimum absolute atomic E-state index is 0.0589. The number of ketones is 2. The summed E-state index contributed by atoms with van der Waals surface area (Å²) in [5.41, 5.74) is 3.47. The lowest BCUT2D eigenvalue weighted by atomic mass is 10.1. The molecular formula is C32H28O6. The molecule has 0 N–H and O–H groups in total. The Hall–Kier alpha value is -4.84. The third kappa shape index (κ3) is 8.10. The van der Waals surface area contributed by atoms with Gasteiger partial charge >= 0.3 is 11.9 Å². The molecule has 0 saturated heterocycles. The summed E-state index contributed by atoms with van der Waals surface area (Å²) in [7, 11) is 0. The van der Waals surface area contributed by atoms with Crippen LogP contribution in [0.4, 0.5) is 0 Å². The molecule has 6 nitrogen and oxygen atoms in total. The van der Waals surface area contributed by atoms with Crippen LogP contribution in [0.15, 0.2) is 98.1 Å². The van der Waals surface area contributed by atoms with Crippen molar-refractivity contribution in [3.8, 4) is 11.5 Å². The Morgan fingerprint density at radius 3 is 1.89 bits per heavy atom. The van der Waals surface area contributed by atoms with E-state index in [-0.39, 0.29) is 24.4 Å². The van der Waals surface area contributed by atoms with Gasteiger partial charge in [-0.05, 0) is 77.2 Å². The van der Waals surface area contributed by atoms with E-state index in [1.54, 1.807) is 48.5 Å². The van der Waals surface area contributed by atoms with Gasteiger partial charge in [0, 0.05) is 18.9 Å². The molecule has 0 aliphatic heterocycles. The molecule has 38 heavy (non-hydrogen) atoms. The third-order valence-electron chi connectivity index (χ3n) is 5.63. The average molecular weight is 509 g/mol. The smallest absolute Gasteiger partial charge is 0.343 e. The van der Waals surface area contributed by atoms with Crippen LogP contribution >= 0.6 is 0 Å². The van der Waals surface area contributed by atoms with E-state index in [4.69, 9.17) is 9.47 Å². The first-order chi connectivity index (χ1) is 18.3. The van der Waals surface area contributed by atoms with E-state index in [2.05, 4.69) is 13.2 Å². The maximum absolute atomic E-state index is 12.6. The Morgan fingerprint density at radius 1 is 0.763 bits per heavy atom. The molecule has 0 spiro atoms. The van der Waals surface area contributed by atoms with Gasteiger partial charge in [0.05, 0.1) is 5.56 Å². The zero-order chi connectivity index (χ0) is 27.5. The number of benzene rings is 3. The summed E-state index contributed by atoms with van der Waals surface area (Å²) in [6.07, 6.45) is 6.55. The molecular weight excluding hydrogens is 480 g/mol. The molecule has 0 heterocycles. The molecule has 0 saturated carbocycles. The van der Waals surface area contributed by atoms with E-state index in [1.165, 1.54) is 18.2 Å². The highest BCUT2D eigenvalue weighted by atomic mass is 16.5. The van der Waals surface area contributed by atoms with Crippen LogP contribution in [0.5, 0.6) is 11.5 Å². The van der Waals surface area contributed by atoms with Crippen LogP contribution in [-0.4, -0.2) is 23.5 Å². The number of carbonyl (C=O) groups is 4. The topological polar surface area (TPSA) is 86.7 Å². The van der Waals surface area contributed by atoms with Crippen molar-refractivity contribution in [3.63, 3.8) is 0 Å². The molecule has 0 fully saturated rings. The summed E-state index contributed by atoms with van der Waals surface area (Å²) < 4.78 is 11.0. The fourth-order valence-corrected chi connectivity index (χ4v) is 3.52. The Bertz CT molecular complexity index is 1380. The van der Waals surface area contributed by atoms with E-state index in [0.717, 1.165) is 16.7 Å². The first-order valence-electron chi connectivity index (χ1n) is 12.0. The number of hydrogen-bond acceptors (Lipinski definition) is 6. The van der Waals surface area contributed by atoms with Gasteiger partial charge < -0.3 is 9.47 Å². The van der Waals surface area contributed by atoms with Crippen molar-refractivity contribution in [1.82, 2.24) is 0 Å². The molecule has 0 aliphatic rings. The molecule has 0 atom stereocenters. The molecule has 0 radical (unpaired) electrons. The van der Waals surface area contributed by atoms with Crippen LogP contribution < -0.4 is 9.47 Å². The molecule has 0 aromatic heterocycles. The van der Waals surface area contributed by atoms with E-state index in [1.807, 2.05) is 31.2 Å². The number of rotatable bonds is 12. The van der Waals surface area contributed by atoms with Crippen molar-refractivity contribution in [2.24, 2.45) is 0 Å². The second-order valence-corrected chi connectivity index (χ2v) is 8.40. The van der Waals surface area contributed by atoms with Gasteiger partial charge in [-0.1, -0.05) is 56.5 Å². The summed E-state index contributed by atoms with van der Waals surface area (Å²) in [5.74, 6) is -0.556. The first-order valence-corrected chi connectivity index (χ1v) is 12.0. The Morgan fingerprint density at radius 2 is 1.34 bits per heavy atom. The minimum atomic E-state index is -0.558. The SMILES string of the molecule is C=CC(=O)Cc1ccc(/C=C/C(=O)Oc2ccc(OC(=O)c3ccc(CC(=O)C=C)cc3)c(CC)c2)cc1. The molecule has 0 bridgehead atoms. The van der Waals surface area contributed by atoms with Crippen LogP contribution in [-0.2, 0) is 33.6 Å². The predicted molar refractivity (Wildman–Crippen MR) is 146 cm³/mol. The number of ether oxygens (including phenoxy) is 2. The standard InChI is InChI=1S/C32H28O6/c1-4-25-21-29(37-31(35)18-13-22-7-9-23(10-8-22)19-27(33)5-2)16-17-30(25)38-32(36)26-14-11-24(12-15-26)20-28(34)6-3/h5-18,21H,2-4,19-20H2,1H3/b18-13+. The van der Waals surface area contributed by atoms with Gasteiger partial charge in [-0.25, -0.2) is 9.59 Å². The third-order valence-corrected chi connectivity index (χ3v) is 5.63. The fourth-order valence-electron chi connectivity index (χ4n) is 3.52. The zero-order valence-corrected chi connectivity index (χ0v) is 21.1. The van der Waals surface area contributed by atoms with Crippen molar-refractivity contribution in [3.05, 3.63) is 126 Å². The van der Waals surface area contributed by atoms with E-state index in [9.17, 15) is 19.2 Å². The highest BCUT2D eigenvalue weighted by Crippen LogP contribution is 2.26. The van der Waals surface area contributed by atoms with Gasteiger partial charge in [0.1, 0.15) is 11.5 Å². The quantitative estimate of drug-likeness (QED) is 0.178. The van der Waals surface area contributed by atoms with Crippen LogP contribution in [0.25, 0.3) is 6.08 Å². The van der Waals surface area contributed by atoms with Gasteiger partial charge in [0.2, 0.25) is 0 Å². The maximum atomic E-state index is 12.6. The van der Waals surface area contributed by atoms with Gasteiger partial charge in [0.15, 0.2) is 11.6 Å². The normalized spacial score (nSPS) is 10.6. The van der Waals surface area contributed by atoms with Crippen LogP contribution in [0, 0.1) is 0 Å². The number of allylic oxidation sites excluding steroid dienone is 2. The van der Waals surface area contributed by atoms with Gasteiger partial charge in [-0.2, -0.15) is 0 Å². The van der Waals surface area contributed by atoms with E-state index in [0.29, 0.717) is 29.0 Å². The van der Waals surface area contributed by atoms with Crippen molar-refractivity contribution in [2.75, 3.05) is 0 Å². The molecule has 0 amide bonds. The number of hydrogen-bond donors (Lipinski definition) is 0. The first kappa shape index (κ1) is 27.7. The summed E-state index contributed by atoms with van der Waals surface area (Å²) in [4.78, 5) is 47.9. The molecule has 3 aromatic carbocycles. The molecule has 3 rings (SSSR count). The summed E-state index contributed by atoms with van der Waals surface area (Å²) in [5, 5.41) is 0. The molecule has 3 aromatic rings. The number of carbonyl (C=O) groups excluding carboxylic acids is 4. The Kier molecular flexibility index (Phi) is 9.83. The highest BCUT2D eigenvalue weighted by molar-refractivity contribution is 5.93. The van der Waals surface area contributed by atoms with Gasteiger partial charge in [-0.3, -0.25) is 9.59 Å². The summed E-state index contributed by atoms with van der Waals surface area (Å²) in [6.45, 7) is 8.82. The Balaban J connectivity index is 1.60. The lowest BCUT2D eigenvalue weighted by Gasteiger charge is -2.11. The molecule has 192 valence electrons. The lowest BCUT2D eigenvalue weighted by Crippen LogP contribution is -2.10. The predicted octanol–water partition coefficient (Wildman–Crippen LogP) is 5.68. The fraction of sp³-hybridized carbons (Fsp3) is 0.125. The number of esters is 2. The largest absolute Gasteiger partial charge is 0.423 e. The van der Waals surface area contributed by atoms with Crippen molar-refractivity contribution >= 4 is 29.6 Å². The second-order valence-electron chi connectivity index (χ2n) is 8.40. The van der Waals surface area contributed by atoms with Crippen LogP contribution in [0.2, 0.25) is 0 Å². The average Bonchev–Trinajstić information content (AvgIpc) is 2.93. The maximum Gasteiger partial charge on any atom is 0.343 e. The lowest BCUT2D eigenvalue weighted by molar-refractivity contribution is -0.129. The van der Waals surface area contributed by atoms with Gasteiger partial charge in [-0.15, -0.1) is 0 Å². The minimum Gasteiger partial charge on any atom is -0.423 e. The Labute approximate surface area is 221 Å². The number of aryl methyl sites for hydroxylation is 1.